The number of allylic oxidation sites excluding steroid dienone is 1. The fourth-order valence-corrected chi connectivity index (χ4v) is 3.17. The normalized spacial score (nSPS) is 24.2. The minimum Gasteiger partial charge on any atom is -0.474 e. The number of nitrogens with zero attached hydrogens (tertiary/aromatic N) is 4. The minimum atomic E-state index is 0.770. The third-order valence-corrected chi connectivity index (χ3v) is 4.09. The summed E-state index contributed by atoms with van der Waals surface area (Å²) in [6.07, 6.45) is 2.34. The number of hydrogen-bond acceptors (Lipinski definition) is 5. The van der Waals surface area contributed by atoms with Gasteiger partial charge in [-0.3, -0.25) is 0 Å². The second-order valence-electron chi connectivity index (χ2n) is 5.31. The van der Waals surface area contributed by atoms with Crippen LogP contribution in [0.3, 0.4) is 0 Å². The van der Waals surface area contributed by atoms with Gasteiger partial charge in [0, 0.05) is 34.7 Å². The molecule has 3 heterocycles. The molecular formula is C13H22N4O. The Morgan fingerprint density at radius 3 is 2.39 bits per heavy atom. The number of likely N-dealkylation sites (N-methyl/N-ethyl adjacent to an activating group) is 1. The van der Waals surface area contributed by atoms with Crippen molar-refractivity contribution in [3.05, 3.63) is 23.2 Å². The monoisotopic (exact) mass is 250 g/mol. The lowest BCUT2D eigenvalue weighted by atomic mass is 10.1. The van der Waals surface area contributed by atoms with Gasteiger partial charge < -0.3 is 24.3 Å². The molecule has 0 saturated heterocycles. The first-order valence-electron chi connectivity index (χ1n) is 6.61. The number of hydrogen-bond donors (Lipinski definition) is 0. The average molecular weight is 250 g/mol. The lowest BCUT2D eigenvalue weighted by Crippen LogP contribution is -2.49. The molecule has 0 fully saturated rings. The molecule has 0 bridgehead atoms. The number of rotatable bonds is 0. The van der Waals surface area contributed by atoms with E-state index in [1.165, 1.54) is 23.8 Å². The fourth-order valence-electron chi connectivity index (χ4n) is 3.17. The molecule has 0 unspecified atom stereocenters. The van der Waals surface area contributed by atoms with E-state index in [0.717, 1.165) is 32.0 Å². The second kappa shape index (κ2) is 4.00. The summed E-state index contributed by atoms with van der Waals surface area (Å²) in [5.74, 6) is 3.50. The topological polar surface area (TPSA) is 22.2 Å². The molecule has 3 aliphatic rings. The van der Waals surface area contributed by atoms with E-state index in [0.29, 0.717) is 0 Å². The van der Waals surface area contributed by atoms with E-state index in [1.807, 2.05) is 0 Å². The van der Waals surface area contributed by atoms with Gasteiger partial charge in [-0.2, -0.15) is 0 Å². The molecule has 0 atom stereocenters. The fraction of sp³-hybridized carbons (Fsp3) is 0.692. The van der Waals surface area contributed by atoms with Gasteiger partial charge in [0.2, 0.25) is 5.88 Å². The summed E-state index contributed by atoms with van der Waals surface area (Å²) < 4.78 is 5.89. The summed E-state index contributed by atoms with van der Waals surface area (Å²) in [6, 6.07) is 0. The van der Waals surface area contributed by atoms with E-state index in [2.05, 4.69) is 47.8 Å². The van der Waals surface area contributed by atoms with Crippen LogP contribution < -0.4 is 0 Å². The highest BCUT2D eigenvalue weighted by atomic mass is 16.5. The summed E-state index contributed by atoms with van der Waals surface area (Å²) in [5, 5.41) is 0. The van der Waals surface area contributed by atoms with Gasteiger partial charge >= 0.3 is 0 Å². The van der Waals surface area contributed by atoms with Crippen LogP contribution in [0.5, 0.6) is 0 Å². The van der Waals surface area contributed by atoms with Crippen molar-refractivity contribution in [2.24, 2.45) is 0 Å². The van der Waals surface area contributed by atoms with Crippen LogP contribution in [0.2, 0.25) is 0 Å². The highest BCUT2D eigenvalue weighted by Crippen LogP contribution is 2.37. The van der Waals surface area contributed by atoms with Gasteiger partial charge in [0.15, 0.2) is 5.82 Å². The molecule has 0 amide bonds. The predicted molar refractivity (Wildman–Crippen MR) is 70.0 cm³/mol. The van der Waals surface area contributed by atoms with Crippen molar-refractivity contribution in [3.63, 3.8) is 0 Å². The van der Waals surface area contributed by atoms with E-state index < -0.39 is 0 Å². The first kappa shape index (κ1) is 11.6. The van der Waals surface area contributed by atoms with E-state index >= 15 is 0 Å². The Bertz CT molecular complexity index is 391. The maximum absolute atomic E-state index is 5.89. The maximum atomic E-state index is 5.89. The molecule has 0 saturated carbocycles. The van der Waals surface area contributed by atoms with Crippen LogP contribution in [0.1, 0.15) is 12.8 Å². The Hall–Kier alpha value is -1.52. The number of ether oxygens (including phenoxy) is 1. The van der Waals surface area contributed by atoms with Crippen LogP contribution >= 0.6 is 0 Å². The Kier molecular flexibility index (Phi) is 2.57. The van der Waals surface area contributed by atoms with Crippen LogP contribution in [0.4, 0.5) is 0 Å². The third-order valence-electron chi connectivity index (χ3n) is 4.09. The Morgan fingerprint density at radius 2 is 1.61 bits per heavy atom. The molecule has 5 heteroatoms. The molecule has 0 aliphatic carbocycles. The third kappa shape index (κ3) is 1.46. The zero-order chi connectivity index (χ0) is 12.9. The predicted octanol–water partition coefficient (Wildman–Crippen LogP) is 0.847. The van der Waals surface area contributed by atoms with Crippen LogP contribution in [-0.4, -0.2) is 67.5 Å². The Balaban J connectivity index is 2.06. The molecule has 100 valence electrons. The molecule has 0 aromatic carbocycles. The van der Waals surface area contributed by atoms with Gasteiger partial charge in [-0.25, -0.2) is 0 Å². The van der Waals surface area contributed by atoms with Crippen molar-refractivity contribution < 1.29 is 4.74 Å². The molecule has 0 aromatic rings. The quantitative estimate of drug-likeness (QED) is 0.634. The van der Waals surface area contributed by atoms with Gasteiger partial charge in [-0.1, -0.05) is 0 Å². The van der Waals surface area contributed by atoms with E-state index in [9.17, 15) is 0 Å². The summed E-state index contributed by atoms with van der Waals surface area (Å²) >= 11 is 0. The van der Waals surface area contributed by atoms with Crippen LogP contribution in [0.25, 0.3) is 0 Å². The molecule has 3 rings (SSSR count). The van der Waals surface area contributed by atoms with E-state index in [1.54, 1.807) is 0 Å². The molecule has 5 nitrogen and oxygen atoms in total. The van der Waals surface area contributed by atoms with Gasteiger partial charge in [0.1, 0.15) is 12.4 Å². The molecule has 0 radical (unpaired) electrons. The van der Waals surface area contributed by atoms with Gasteiger partial charge in [0.25, 0.3) is 0 Å². The lowest BCUT2D eigenvalue weighted by molar-refractivity contribution is 0.0403. The molecule has 0 spiro atoms. The Labute approximate surface area is 109 Å². The maximum Gasteiger partial charge on any atom is 0.236 e. The van der Waals surface area contributed by atoms with E-state index in [-0.39, 0.29) is 0 Å². The van der Waals surface area contributed by atoms with Crippen LogP contribution in [0.15, 0.2) is 23.2 Å². The summed E-state index contributed by atoms with van der Waals surface area (Å²) in [7, 11) is 8.57. The van der Waals surface area contributed by atoms with Crippen molar-refractivity contribution in [1.29, 1.82) is 0 Å². The van der Waals surface area contributed by atoms with Crippen molar-refractivity contribution in [1.82, 2.24) is 19.6 Å². The SMILES string of the molecule is CN1CCCC2=C1N(C)C1=C(OCCN1C)N2C. The summed E-state index contributed by atoms with van der Waals surface area (Å²) in [6.45, 7) is 2.85. The summed E-state index contributed by atoms with van der Waals surface area (Å²) in [5.41, 5.74) is 1.38. The van der Waals surface area contributed by atoms with Gasteiger partial charge in [-0.15, -0.1) is 0 Å². The zero-order valence-electron chi connectivity index (χ0n) is 11.7. The van der Waals surface area contributed by atoms with Crippen molar-refractivity contribution in [2.75, 3.05) is 47.9 Å². The molecule has 3 aliphatic heterocycles. The van der Waals surface area contributed by atoms with Crippen LogP contribution in [0, 0.1) is 0 Å². The standard InChI is InChI=1S/C13H22N4O/c1-14-7-5-6-10-11(14)17(4)12-13(16(10)3)18-9-8-15(12)2/h5-9H2,1-4H3. The van der Waals surface area contributed by atoms with Crippen molar-refractivity contribution >= 4 is 0 Å². The van der Waals surface area contributed by atoms with Gasteiger partial charge in [0.05, 0.1) is 12.2 Å². The average Bonchev–Trinajstić information content (AvgIpc) is 2.35. The largest absolute Gasteiger partial charge is 0.474 e. The van der Waals surface area contributed by atoms with Gasteiger partial charge in [-0.05, 0) is 12.8 Å². The first-order valence-corrected chi connectivity index (χ1v) is 6.61. The molecule has 0 N–H and O–H groups in total. The Morgan fingerprint density at radius 1 is 0.889 bits per heavy atom. The van der Waals surface area contributed by atoms with Crippen molar-refractivity contribution in [3.8, 4) is 0 Å². The van der Waals surface area contributed by atoms with E-state index in [4.69, 9.17) is 4.74 Å². The second-order valence-corrected chi connectivity index (χ2v) is 5.31. The lowest BCUT2D eigenvalue weighted by Gasteiger charge is -2.48. The molecular weight excluding hydrogens is 228 g/mol. The molecule has 18 heavy (non-hydrogen) atoms. The van der Waals surface area contributed by atoms with Crippen LogP contribution in [-0.2, 0) is 4.74 Å². The van der Waals surface area contributed by atoms with Crippen molar-refractivity contribution in [2.45, 2.75) is 12.8 Å². The summed E-state index contributed by atoms with van der Waals surface area (Å²) in [4.78, 5) is 9.14. The zero-order valence-corrected chi connectivity index (χ0v) is 11.7. The smallest absolute Gasteiger partial charge is 0.236 e. The minimum absolute atomic E-state index is 0.770. The highest BCUT2D eigenvalue weighted by molar-refractivity contribution is 5.28. The first-order chi connectivity index (χ1) is 8.61. The highest BCUT2D eigenvalue weighted by Gasteiger charge is 2.37. The molecule has 0 aromatic heterocycles.